The molecule has 1 aromatic carbocycles. The van der Waals surface area contributed by atoms with Gasteiger partial charge < -0.3 is 10.0 Å². The summed E-state index contributed by atoms with van der Waals surface area (Å²) in [6, 6.07) is 11.0. The zero-order valence-corrected chi connectivity index (χ0v) is 14.0. The van der Waals surface area contributed by atoms with Gasteiger partial charge in [-0.2, -0.15) is 5.10 Å². The maximum atomic E-state index is 10.4. The highest BCUT2D eigenvalue weighted by molar-refractivity contribution is 5.48. The predicted molar refractivity (Wildman–Crippen MR) is 92.6 cm³/mol. The average molecular weight is 314 g/mol. The van der Waals surface area contributed by atoms with Gasteiger partial charge in [-0.25, -0.2) is 0 Å². The summed E-state index contributed by atoms with van der Waals surface area (Å²) in [5.74, 6) is 0. The molecular formula is C18H26N4O. The van der Waals surface area contributed by atoms with Crippen LogP contribution in [0.15, 0.2) is 42.7 Å². The molecule has 5 heteroatoms. The van der Waals surface area contributed by atoms with E-state index in [1.165, 1.54) is 17.7 Å². The van der Waals surface area contributed by atoms with E-state index in [0.717, 1.165) is 13.0 Å². The molecule has 0 aliphatic carbocycles. The molecule has 2 heterocycles. The summed E-state index contributed by atoms with van der Waals surface area (Å²) < 4.78 is 1.79. The van der Waals surface area contributed by atoms with Crippen molar-refractivity contribution >= 4 is 5.69 Å². The molecule has 0 radical (unpaired) electrons. The lowest BCUT2D eigenvalue weighted by Gasteiger charge is -2.28. The quantitative estimate of drug-likeness (QED) is 0.887. The second-order valence-electron chi connectivity index (χ2n) is 6.52. The average Bonchev–Trinajstić information content (AvgIpc) is 3.19. The number of aliphatic hydroxyl groups is 1. The Hall–Kier alpha value is -1.85. The van der Waals surface area contributed by atoms with Crippen molar-refractivity contribution in [1.29, 1.82) is 0 Å². The van der Waals surface area contributed by atoms with E-state index in [1.54, 1.807) is 10.9 Å². The Morgan fingerprint density at radius 1 is 1.30 bits per heavy atom. The van der Waals surface area contributed by atoms with Gasteiger partial charge in [0.15, 0.2) is 0 Å². The number of aliphatic hydroxyl groups excluding tert-OH is 1. The fraction of sp³-hybridized carbons (Fsp3) is 0.500. The number of β-amino-alcohol motifs (C(OH)–C–C–N with tert-alkyl or cyclic N) is 1. The van der Waals surface area contributed by atoms with Gasteiger partial charge in [0.05, 0.1) is 12.6 Å². The molecule has 0 saturated carbocycles. The first kappa shape index (κ1) is 16.0. The van der Waals surface area contributed by atoms with E-state index in [0.29, 0.717) is 19.1 Å². The van der Waals surface area contributed by atoms with Gasteiger partial charge in [-0.15, -0.1) is 0 Å². The summed E-state index contributed by atoms with van der Waals surface area (Å²) in [4.78, 5) is 4.54. The summed E-state index contributed by atoms with van der Waals surface area (Å²) in [6.45, 7) is 2.29. The van der Waals surface area contributed by atoms with Gasteiger partial charge in [0.25, 0.3) is 0 Å². The molecule has 5 nitrogen and oxygen atoms in total. The molecule has 23 heavy (non-hydrogen) atoms. The summed E-state index contributed by atoms with van der Waals surface area (Å²) in [6.07, 6.45) is 5.59. The summed E-state index contributed by atoms with van der Waals surface area (Å²) in [5.41, 5.74) is 2.58. The van der Waals surface area contributed by atoms with E-state index in [-0.39, 0.29) is 0 Å². The first-order chi connectivity index (χ1) is 11.1. The fourth-order valence-corrected chi connectivity index (χ4v) is 3.39. The number of benzene rings is 1. The lowest BCUT2D eigenvalue weighted by atomic mass is 10.0. The number of nitrogens with zero attached hydrogens (tertiary/aromatic N) is 4. The van der Waals surface area contributed by atoms with E-state index in [4.69, 9.17) is 0 Å². The van der Waals surface area contributed by atoms with Crippen LogP contribution in [0.25, 0.3) is 0 Å². The summed E-state index contributed by atoms with van der Waals surface area (Å²) in [5, 5.41) is 14.5. The molecule has 1 aliphatic heterocycles. The smallest absolute Gasteiger partial charge is 0.0862 e. The monoisotopic (exact) mass is 314 g/mol. The van der Waals surface area contributed by atoms with Crippen LogP contribution in [0.1, 0.15) is 24.4 Å². The first-order valence-corrected chi connectivity index (χ1v) is 8.30. The molecular weight excluding hydrogens is 288 g/mol. The largest absolute Gasteiger partial charge is 0.390 e. The van der Waals surface area contributed by atoms with Crippen LogP contribution in [-0.4, -0.2) is 53.1 Å². The van der Waals surface area contributed by atoms with Crippen LogP contribution in [0.5, 0.6) is 0 Å². The lowest BCUT2D eigenvalue weighted by molar-refractivity contribution is 0.0891. The van der Waals surface area contributed by atoms with Crippen LogP contribution >= 0.6 is 0 Å². The Labute approximate surface area is 138 Å². The van der Waals surface area contributed by atoms with Crippen molar-refractivity contribution in [2.75, 3.05) is 32.1 Å². The molecule has 1 saturated heterocycles. The van der Waals surface area contributed by atoms with Crippen molar-refractivity contribution in [1.82, 2.24) is 14.7 Å². The van der Waals surface area contributed by atoms with Gasteiger partial charge in [0, 0.05) is 44.8 Å². The minimum Gasteiger partial charge on any atom is -0.390 e. The molecule has 1 aliphatic rings. The standard InChI is InChI=1S/C18H26N4O/c1-20(2)16-7-3-6-15(12-16)18-8-4-10-21(18)13-17(23)14-22-11-5-9-19-22/h3,5-7,9,11-12,17-18,23H,4,8,10,13-14H2,1-2H3/t17-,18+/m1/s1. The second-order valence-corrected chi connectivity index (χ2v) is 6.52. The van der Waals surface area contributed by atoms with Crippen LogP contribution in [0.4, 0.5) is 5.69 Å². The van der Waals surface area contributed by atoms with Crippen LogP contribution < -0.4 is 4.90 Å². The molecule has 0 spiro atoms. The van der Waals surface area contributed by atoms with Gasteiger partial charge in [0.2, 0.25) is 0 Å². The Morgan fingerprint density at radius 3 is 2.91 bits per heavy atom. The van der Waals surface area contributed by atoms with Crippen molar-refractivity contribution in [2.45, 2.75) is 31.5 Å². The molecule has 1 N–H and O–H groups in total. The maximum absolute atomic E-state index is 10.4. The topological polar surface area (TPSA) is 44.5 Å². The van der Waals surface area contributed by atoms with Crippen LogP contribution in [0, 0.1) is 0 Å². The number of anilines is 1. The van der Waals surface area contributed by atoms with Crippen LogP contribution in [0.3, 0.4) is 0 Å². The van der Waals surface area contributed by atoms with Gasteiger partial charge in [-0.3, -0.25) is 9.58 Å². The predicted octanol–water partition coefficient (Wildman–Crippen LogP) is 2.15. The highest BCUT2D eigenvalue weighted by Crippen LogP contribution is 2.33. The number of likely N-dealkylation sites (tertiary alicyclic amines) is 1. The van der Waals surface area contributed by atoms with E-state index in [1.807, 2.05) is 12.3 Å². The minimum atomic E-state index is -0.396. The third-order valence-electron chi connectivity index (χ3n) is 4.54. The molecule has 2 aromatic rings. The number of aromatic nitrogens is 2. The zero-order chi connectivity index (χ0) is 16.2. The van der Waals surface area contributed by atoms with Crippen molar-refractivity contribution in [2.24, 2.45) is 0 Å². The molecule has 0 amide bonds. The third kappa shape index (κ3) is 3.92. The van der Waals surface area contributed by atoms with E-state index >= 15 is 0 Å². The molecule has 3 rings (SSSR count). The normalized spacial score (nSPS) is 19.9. The van der Waals surface area contributed by atoms with E-state index in [9.17, 15) is 5.11 Å². The van der Waals surface area contributed by atoms with Gasteiger partial charge in [-0.05, 0) is 43.1 Å². The Bertz CT molecular complexity index is 611. The molecule has 0 bridgehead atoms. The van der Waals surface area contributed by atoms with Crippen LogP contribution in [-0.2, 0) is 6.54 Å². The fourth-order valence-electron chi connectivity index (χ4n) is 3.39. The first-order valence-electron chi connectivity index (χ1n) is 8.30. The highest BCUT2D eigenvalue weighted by atomic mass is 16.3. The Morgan fingerprint density at radius 2 is 2.17 bits per heavy atom. The van der Waals surface area contributed by atoms with E-state index < -0.39 is 6.10 Å². The lowest BCUT2D eigenvalue weighted by Crippen LogP contribution is -2.34. The number of hydrogen-bond acceptors (Lipinski definition) is 4. The summed E-state index contributed by atoms with van der Waals surface area (Å²) in [7, 11) is 4.14. The zero-order valence-electron chi connectivity index (χ0n) is 14.0. The van der Waals surface area contributed by atoms with Gasteiger partial charge >= 0.3 is 0 Å². The molecule has 1 aromatic heterocycles. The minimum absolute atomic E-state index is 0.396. The molecule has 2 atom stereocenters. The van der Waals surface area contributed by atoms with Crippen molar-refractivity contribution in [3.8, 4) is 0 Å². The number of hydrogen-bond donors (Lipinski definition) is 1. The van der Waals surface area contributed by atoms with E-state index in [2.05, 4.69) is 53.3 Å². The molecule has 1 fully saturated rings. The van der Waals surface area contributed by atoms with Crippen molar-refractivity contribution < 1.29 is 5.11 Å². The van der Waals surface area contributed by atoms with Gasteiger partial charge in [-0.1, -0.05) is 12.1 Å². The second kappa shape index (κ2) is 7.15. The molecule has 124 valence electrons. The Balaban J connectivity index is 1.66. The van der Waals surface area contributed by atoms with Crippen molar-refractivity contribution in [3.63, 3.8) is 0 Å². The maximum Gasteiger partial charge on any atom is 0.0862 e. The van der Waals surface area contributed by atoms with Crippen LogP contribution in [0.2, 0.25) is 0 Å². The number of rotatable bonds is 6. The Kier molecular flexibility index (Phi) is 4.98. The highest BCUT2D eigenvalue weighted by Gasteiger charge is 2.27. The third-order valence-corrected chi connectivity index (χ3v) is 4.54. The van der Waals surface area contributed by atoms with Gasteiger partial charge in [0.1, 0.15) is 0 Å². The van der Waals surface area contributed by atoms with Crippen molar-refractivity contribution in [3.05, 3.63) is 48.3 Å². The SMILES string of the molecule is CN(C)c1cccc([C@@H]2CCCN2C[C@@H](O)Cn2cccn2)c1. The molecule has 0 unspecified atom stereocenters. The summed E-state index contributed by atoms with van der Waals surface area (Å²) >= 11 is 0.